The summed E-state index contributed by atoms with van der Waals surface area (Å²) >= 11 is 5.90. The van der Waals surface area contributed by atoms with Gasteiger partial charge in [0.25, 0.3) is 0 Å². The van der Waals surface area contributed by atoms with E-state index in [0.717, 1.165) is 0 Å². The first-order valence-electron chi connectivity index (χ1n) is 5.51. The Morgan fingerprint density at radius 2 is 2.05 bits per heavy atom. The lowest BCUT2D eigenvalue weighted by Crippen LogP contribution is -2.34. The number of ketones is 1. The summed E-state index contributed by atoms with van der Waals surface area (Å²) in [4.78, 5) is 11.2. The van der Waals surface area contributed by atoms with Crippen LogP contribution in [0.3, 0.4) is 0 Å². The van der Waals surface area contributed by atoms with Crippen molar-refractivity contribution >= 4 is 51.2 Å². The minimum absolute atomic E-state index is 0.0307. The fraction of sp³-hybridized carbons (Fsp3) is 0.364. The molecule has 0 aliphatic heterocycles. The highest BCUT2D eigenvalue weighted by Crippen LogP contribution is 2.24. The number of benzene rings is 1. The number of carbonyl (C=O) groups is 1. The van der Waals surface area contributed by atoms with E-state index >= 15 is 0 Å². The third-order valence-electron chi connectivity index (χ3n) is 2.38. The summed E-state index contributed by atoms with van der Waals surface area (Å²) in [6.07, 6.45) is 0. The highest BCUT2D eigenvalue weighted by atomic mass is 35.5. The molecule has 0 saturated heterocycles. The molecule has 0 aliphatic rings. The van der Waals surface area contributed by atoms with Crippen molar-refractivity contribution in [3.63, 3.8) is 0 Å². The third-order valence-corrected chi connectivity index (χ3v) is 4.93. The SMILES string of the molecule is CC(=O)c1cc(S(=O)(=O)NCC(C)(F)P)c(Cl)cc1P. The molecule has 0 fully saturated rings. The summed E-state index contributed by atoms with van der Waals surface area (Å²) in [5, 5.41) is -1.30. The second kappa shape index (κ2) is 6.33. The van der Waals surface area contributed by atoms with E-state index in [4.69, 9.17) is 11.6 Å². The molecule has 0 heterocycles. The molecule has 0 amide bonds. The highest BCUT2D eigenvalue weighted by Gasteiger charge is 2.24. The molecule has 0 spiro atoms. The number of sulfonamides is 1. The minimum atomic E-state index is -3.99. The van der Waals surface area contributed by atoms with Gasteiger partial charge < -0.3 is 0 Å². The van der Waals surface area contributed by atoms with Gasteiger partial charge in [0.05, 0.1) is 5.02 Å². The molecule has 9 heteroatoms. The Bertz CT molecular complexity index is 644. The van der Waals surface area contributed by atoms with E-state index < -0.39 is 22.0 Å². The van der Waals surface area contributed by atoms with Crippen molar-refractivity contribution < 1.29 is 17.6 Å². The second-order valence-corrected chi connectivity index (χ2v) is 8.50. The Labute approximate surface area is 127 Å². The number of rotatable bonds is 5. The molecule has 3 atom stereocenters. The maximum atomic E-state index is 13.4. The van der Waals surface area contributed by atoms with Crippen molar-refractivity contribution in [1.29, 1.82) is 0 Å². The van der Waals surface area contributed by atoms with Gasteiger partial charge in [-0.2, -0.15) is 0 Å². The predicted octanol–water partition coefficient (Wildman–Crippen LogP) is 1.88. The lowest BCUT2D eigenvalue weighted by atomic mass is 10.1. The topological polar surface area (TPSA) is 63.2 Å². The van der Waals surface area contributed by atoms with Crippen LogP contribution in [0.5, 0.6) is 0 Å². The zero-order valence-corrected chi connectivity index (χ0v) is 14.8. The Hall–Kier alpha value is -0.120. The van der Waals surface area contributed by atoms with Crippen LogP contribution in [-0.4, -0.2) is 26.2 Å². The molecule has 0 aromatic heterocycles. The van der Waals surface area contributed by atoms with Crippen molar-refractivity contribution in [3.8, 4) is 0 Å². The Balaban J connectivity index is 3.25. The zero-order valence-electron chi connectivity index (χ0n) is 10.9. The summed E-state index contributed by atoms with van der Waals surface area (Å²) < 4.78 is 39.7. The van der Waals surface area contributed by atoms with Crippen molar-refractivity contribution in [2.45, 2.75) is 24.2 Å². The number of nitrogens with one attached hydrogen (secondary N) is 1. The van der Waals surface area contributed by atoms with Crippen LogP contribution in [0.4, 0.5) is 4.39 Å². The lowest BCUT2D eigenvalue weighted by Gasteiger charge is -2.16. The van der Waals surface area contributed by atoms with E-state index in [2.05, 4.69) is 14.0 Å². The predicted molar refractivity (Wildman–Crippen MR) is 85.2 cm³/mol. The van der Waals surface area contributed by atoms with Gasteiger partial charge in [0.2, 0.25) is 10.0 Å². The Morgan fingerprint density at radius 1 is 1.50 bits per heavy atom. The Kier molecular flexibility index (Phi) is 5.67. The largest absolute Gasteiger partial charge is 0.294 e. The van der Waals surface area contributed by atoms with E-state index in [1.165, 1.54) is 26.0 Å². The first-order valence-corrected chi connectivity index (χ1v) is 8.53. The summed E-state index contributed by atoms with van der Waals surface area (Å²) in [6, 6.07) is 2.56. The van der Waals surface area contributed by atoms with Crippen LogP contribution in [0.15, 0.2) is 17.0 Å². The molecule has 1 aromatic rings. The molecule has 4 nitrogen and oxygen atoms in total. The lowest BCUT2D eigenvalue weighted by molar-refractivity contribution is 0.101. The van der Waals surface area contributed by atoms with E-state index in [0.29, 0.717) is 5.30 Å². The van der Waals surface area contributed by atoms with E-state index in [9.17, 15) is 17.6 Å². The molecular weight excluding hydrogens is 343 g/mol. The zero-order chi connectivity index (χ0) is 15.7. The molecule has 0 bridgehead atoms. The average molecular weight is 358 g/mol. The van der Waals surface area contributed by atoms with Crippen LogP contribution in [-0.2, 0) is 10.0 Å². The van der Waals surface area contributed by atoms with Crippen molar-refractivity contribution in [1.82, 2.24) is 4.72 Å². The number of alkyl halides is 1. The number of halogens is 2. The van der Waals surface area contributed by atoms with Crippen LogP contribution in [0.2, 0.25) is 5.02 Å². The fourth-order valence-corrected chi connectivity index (χ4v) is 3.90. The summed E-state index contributed by atoms with van der Waals surface area (Å²) in [5.41, 5.74) is 0.230. The fourth-order valence-electron chi connectivity index (χ4n) is 1.39. The Morgan fingerprint density at radius 3 is 2.50 bits per heavy atom. The van der Waals surface area contributed by atoms with Gasteiger partial charge in [-0.05, 0) is 31.3 Å². The van der Waals surface area contributed by atoms with Gasteiger partial charge in [0, 0.05) is 12.1 Å². The van der Waals surface area contributed by atoms with Gasteiger partial charge in [-0.1, -0.05) is 20.8 Å². The summed E-state index contributed by atoms with van der Waals surface area (Å²) in [5.74, 6) is -0.288. The number of Topliss-reactive ketones (excluding diaryl/α,β-unsaturated/α-hetero) is 1. The first kappa shape index (κ1) is 17.9. The molecule has 1 rings (SSSR count). The van der Waals surface area contributed by atoms with Crippen LogP contribution >= 0.6 is 30.1 Å². The quantitative estimate of drug-likeness (QED) is 0.646. The molecule has 1 aromatic carbocycles. The van der Waals surface area contributed by atoms with Gasteiger partial charge >= 0.3 is 0 Å². The van der Waals surface area contributed by atoms with Crippen LogP contribution < -0.4 is 10.0 Å². The standard InChI is InChI=1S/C11H15ClFNO3P2S/c1-6(15)7-3-10(8(12)4-9(7)18)20(16,17)14-5-11(2,13)19/h3-4,14H,5,18-19H2,1-2H3. The molecule has 0 saturated carbocycles. The van der Waals surface area contributed by atoms with E-state index in [1.807, 2.05) is 9.24 Å². The number of carbonyl (C=O) groups excluding carboxylic acids is 1. The van der Waals surface area contributed by atoms with Gasteiger partial charge in [0.15, 0.2) is 5.78 Å². The average Bonchev–Trinajstić information content (AvgIpc) is 2.24. The normalized spacial score (nSPS) is 14.9. The third kappa shape index (κ3) is 4.71. The van der Waals surface area contributed by atoms with Crippen LogP contribution in [0.1, 0.15) is 24.2 Å². The molecule has 0 aliphatic carbocycles. The van der Waals surface area contributed by atoms with Gasteiger partial charge in [-0.3, -0.25) is 4.79 Å². The molecule has 1 N–H and O–H groups in total. The summed E-state index contributed by atoms with van der Waals surface area (Å²) in [6.45, 7) is 2.12. The molecule has 112 valence electrons. The molecule has 0 radical (unpaired) electrons. The molecule has 20 heavy (non-hydrogen) atoms. The number of hydrogen-bond donors (Lipinski definition) is 1. The molecular formula is C11H15ClFNO3P2S. The summed E-state index contributed by atoms with van der Waals surface area (Å²) in [7, 11) is 0.213. The first-order chi connectivity index (χ1) is 8.94. The monoisotopic (exact) mass is 357 g/mol. The van der Waals surface area contributed by atoms with Crippen molar-refractivity contribution in [2.75, 3.05) is 6.54 Å². The van der Waals surface area contributed by atoms with Gasteiger partial charge in [-0.25, -0.2) is 17.5 Å². The molecule has 3 unspecified atom stereocenters. The second-order valence-electron chi connectivity index (χ2n) is 4.53. The van der Waals surface area contributed by atoms with Gasteiger partial charge in [-0.15, -0.1) is 9.24 Å². The van der Waals surface area contributed by atoms with Crippen LogP contribution in [0, 0.1) is 0 Å². The van der Waals surface area contributed by atoms with Crippen molar-refractivity contribution in [2.24, 2.45) is 0 Å². The highest BCUT2D eigenvalue weighted by molar-refractivity contribution is 7.89. The maximum absolute atomic E-state index is 13.4. The van der Waals surface area contributed by atoms with Gasteiger partial charge in [0.1, 0.15) is 10.3 Å². The smallest absolute Gasteiger partial charge is 0.242 e. The number of hydrogen-bond acceptors (Lipinski definition) is 3. The van der Waals surface area contributed by atoms with Crippen molar-refractivity contribution in [3.05, 3.63) is 22.7 Å². The van der Waals surface area contributed by atoms with Crippen LogP contribution in [0.25, 0.3) is 0 Å². The minimum Gasteiger partial charge on any atom is -0.294 e. The maximum Gasteiger partial charge on any atom is 0.242 e. The van der Waals surface area contributed by atoms with E-state index in [-0.39, 0.29) is 21.3 Å². The van der Waals surface area contributed by atoms with E-state index in [1.54, 1.807) is 0 Å².